The Morgan fingerprint density at radius 2 is 0.468 bits per heavy atom. The molecule has 6 nitrogen and oxygen atoms in total. The summed E-state index contributed by atoms with van der Waals surface area (Å²) in [5, 5.41) is 0. The number of hydrogen-bond acceptors (Lipinski definition) is 6. The minimum Gasteiger partial charge on any atom is -0.462 e. The fourth-order valence-electron chi connectivity index (χ4n) is 9.85. The number of esters is 3. The molecule has 0 aliphatic rings. The average Bonchev–Trinajstić information content (AvgIpc) is 3.43. The first kappa shape index (κ1) is 74.1. The van der Waals surface area contributed by atoms with E-state index < -0.39 is 6.10 Å². The first-order valence-corrected chi connectivity index (χ1v) is 33.8. The summed E-state index contributed by atoms with van der Waals surface area (Å²) in [7, 11) is 0. The summed E-state index contributed by atoms with van der Waals surface area (Å²) in [5.41, 5.74) is 0. The Kier molecular flexibility index (Phi) is 63.2. The minimum absolute atomic E-state index is 0.0801. The Labute approximate surface area is 479 Å². The lowest BCUT2D eigenvalue weighted by Gasteiger charge is -2.18. The molecular weight excluding hydrogens is 949 g/mol. The van der Waals surface area contributed by atoms with Crippen LogP contribution in [0.25, 0.3) is 0 Å². The van der Waals surface area contributed by atoms with Gasteiger partial charge in [0, 0.05) is 19.3 Å². The van der Waals surface area contributed by atoms with E-state index in [1.54, 1.807) is 0 Å². The monoisotopic (exact) mass is 1080 g/mol. The topological polar surface area (TPSA) is 78.9 Å². The van der Waals surface area contributed by atoms with Crippen LogP contribution in [0.3, 0.4) is 0 Å². The molecular formula is C71H128O6. The van der Waals surface area contributed by atoms with Crippen LogP contribution in [0.15, 0.2) is 60.8 Å². The van der Waals surface area contributed by atoms with E-state index in [0.29, 0.717) is 19.3 Å². The summed E-state index contributed by atoms with van der Waals surface area (Å²) in [6, 6.07) is 0. The van der Waals surface area contributed by atoms with Crippen molar-refractivity contribution in [2.75, 3.05) is 13.2 Å². The van der Waals surface area contributed by atoms with Crippen LogP contribution in [0, 0.1) is 0 Å². The van der Waals surface area contributed by atoms with Gasteiger partial charge in [0.25, 0.3) is 0 Å². The van der Waals surface area contributed by atoms with Crippen LogP contribution >= 0.6 is 0 Å². The van der Waals surface area contributed by atoms with Crippen LogP contribution in [0.1, 0.15) is 355 Å². The molecule has 6 heteroatoms. The third kappa shape index (κ3) is 63.8. The van der Waals surface area contributed by atoms with Crippen LogP contribution in [-0.2, 0) is 28.6 Å². The number of ether oxygens (including phenoxy) is 3. The van der Waals surface area contributed by atoms with Crippen LogP contribution in [-0.4, -0.2) is 37.2 Å². The fraction of sp³-hybridized carbons (Fsp3) is 0.817. The lowest BCUT2D eigenvalue weighted by Crippen LogP contribution is -2.30. The molecule has 0 saturated carbocycles. The van der Waals surface area contributed by atoms with Gasteiger partial charge in [-0.1, -0.05) is 287 Å². The Hall–Kier alpha value is -2.89. The highest BCUT2D eigenvalue weighted by Crippen LogP contribution is 2.17. The lowest BCUT2D eigenvalue weighted by atomic mass is 10.0. The molecule has 0 amide bonds. The van der Waals surface area contributed by atoms with Gasteiger partial charge in [-0.3, -0.25) is 14.4 Å². The maximum Gasteiger partial charge on any atom is 0.306 e. The van der Waals surface area contributed by atoms with Crippen LogP contribution in [0.4, 0.5) is 0 Å². The molecule has 0 spiro atoms. The molecule has 1 atom stereocenters. The molecule has 0 aromatic rings. The first-order chi connectivity index (χ1) is 38.0. The second-order valence-electron chi connectivity index (χ2n) is 22.7. The molecule has 0 fully saturated rings. The molecule has 77 heavy (non-hydrogen) atoms. The van der Waals surface area contributed by atoms with E-state index >= 15 is 0 Å². The third-order valence-electron chi connectivity index (χ3n) is 15.0. The smallest absolute Gasteiger partial charge is 0.306 e. The Morgan fingerprint density at radius 3 is 0.753 bits per heavy atom. The molecule has 0 aliphatic heterocycles. The van der Waals surface area contributed by atoms with Gasteiger partial charge in [-0.2, -0.15) is 0 Å². The van der Waals surface area contributed by atoms with E-state index in [9.17, 15) is 14.4 Å². The van der Waals surface area contributed by atoms with Crippen molar-refractivity contribution in [1.29, 1.82) is 0 Å². The van der Waals surface area contributed by atoms with E-state index in [2.05, 4.69) is 81.5 Å². The van der Waals surface area contributed by atoms with E-state index in [0.717, 1.165) is 89.9 Å². The van der Waals surface area contributed by atoms with Crippen LogP contribution < -0.4 is 0 Å². The van der Waals surface area contributed by atoms with E-state index in [1.165, 1.54) is 225 Å². The molecule has 1 unspecified atom stereocenters. The lowest BCUT2D eigenvalue weighted by molar-refractivity contribution is -0.167. The van der Waals surface area contributed by atoms with Crippen LogP contribution in [0.5, 0.6) is 0 Å². The molecule has 0 saturated heterocycles. The van der Waals surface area contributed by atoms with Crippen molar-refractivity contribution >= 4 is 17.9 Å². The van der Waals surface area contributed by atoms with Gasteiger partial charge in [-0.15, -0.1) is 0 Å². The normalized spacial score (nSPS) is 12.4. The Morgan fingerprint density at radius 1 is 0.260 bits per heavy atom. The molecule has 0 aliphatic carbocycles. The van der Waals surface area contributed by atoms with Crippen molar-refractivity contribution in [2.45, 2.75) is 361 Å². The van der Waals surface area contributed by atoms with Crippen molar-refractivity contribution in [3.63, 3.8) is 0 Å². The third-order valence-corrected chi connectivity index (χ3v) is 15.0. The van der Waals surface area contributed by atoms with Gasteiger partial charge in [0.2, 0.25) is 0 Å². The van der Waals surface area contributed by atoms with Crippen molar-refractivity contribution in [2.24, 2.45) is 0 Å². The molecule has 0 aromatic carbocycles. The zero-order valence-corrected chi connectivity index (χ0v) is 51.5. The molecule has 448 valence electrons. The molecule has 0 heterocycles. The minimum atomic E-state index is -0.785. The standard InChI is InChI=1S/C71H128O6/c1-4-7-10-13-16-19-22-25-27-29-31-33-34-35-36-38-39-41-43-46-49-52-55-58-61-64-70(73)76-67-68(66-75-69(72)63-60-57-54-51-48-45-24-21-18-15-12-9-6-3)77-71(74)65-62-59-56-53-50-47-44-42-40-37-32-30-28-26-23-20-17-14-11-8-5-2/h21,23-24,26,29-32,40,42,68H,4-20,22,25,27-28,33-39,41,43-67H2,1-3H3/b24-21-,26-23-,31-29-,32-30-,42-40-. The number of rotatable bonds is 62. The van der Waals surface area contributed by atoms with E-state index in [-0.39, 0.29) is 31.1 Å². The van der Waals surface area contributed by atoms with Crippen LogP contribution in [0.2, 0.25) is 0 Å². The summed E-state index contributed by atoms with van der Waals surface area (Å²) < 4.78 is 16.9. The maximum absolute atomic E-state index is 12.9. The predicted molar refractivity (Wildman–Crippen MR) is 335 cm³/mol. The highest BCUT2D eigenvalue weighted by molar-refractivity contribution is 5.71. The summed E-state index contributed by atoms with van der Waals surface area (Å²) in [6.45, 7) is 6.64. The number of carbonyl (C=O) groups is 3. The van der Waals surface area contributed by atoms with Gasteiger partial charge in [0.15, 0.2) is 6.10 Å². The second-order valence-corrected chi connectivity index (χ2v) is 22.7. The molecule has 0 N–H and O–H groups in total. The quantitative estimate of drug-likeness (QED) is 0.0261. The van der Waals surface area contributed by atoms with Crippen molar-refractivity contribution in [3.05, 3.63) is 60.8 Å². The molecule has 0 aromatic heterocycles. The number of carbonyl (C=O) groups excluding carboxylic acids is 3. The zero-order valence-electron chi connectivity index (χ0n) is 51.5. The summed E-state index contributed by atoms with van der Waals surface area (Å²) in [5.74, 6) is -0.884. The maximum atomic E-state index is 12.9. The van der Waals surface area contributed by atoms with Crippen molar-refractivity contribution in [1.82, 2.24) is 0 Å². The van der Waals surface area contributed by atoms with Gasteiger partial charge in [-0.25, -0.2) is 0 Å². The predicted octanol–water partition coefficient (Wildman–Crippen LogP) is 23.1. The Balaban J connectivity index is 4.30. The van der Waals surface area contributed by atoms with Gasteiger partial charge >= 0.3 is 17.9 Å². The Bertz CT molecular complexity index is 1380. The van der Waals surface area contributed by atoms with E-state index in [1.807, 2.05) is 0 Å². The molecule has 0 radical (unpaired) electrons. The first-order valence-electron chi connectivity index (χ1n) is 33.8. The van der Waals surface area contributed by atoms with Crippen molar-refractivity contribution < 1.29 is 28.6 Å². The SMILES string of the molecule is CCCCCC/C=C\CCCCCCCC(=O)OCC(COC(=O)CCCCCCCCCCCCCCC/C=C\CCCCCCCCCC)OC(=O)CCCCCCCC/C=C\C/C=C\C/C=C\CCCCCCC. The highest BCUT2D eigenvalue weighted by atomic mass is 16.6. The zero-order chi connectivity index (χ0) is 55.7. The largest absolute Gasteiger partial charge is 0.462 e. The van der Waals surface area contributed by atoms with E-state index in [4.69, 9.17) is 14.2 Å². The highest BCUT2D eigenvalue weighted by Gasteiger charge is 2.19. The average molecular weight is 1080 g/mol. The summed E-state index contributed by atoms with van der Waals surface area (Å²) in [6.07, 6.45) is 83.8. The van der Waals surface area contributed by atoms with Gasteiger partial charge in [0.05, 0.1) is 0 Å². The second kappa shape index (κ2) is 65.6. The molecule has 0 bridgehead atoms. The van der Waals surface area contributed by atoms with Crippen molar-refractivity contribution in [3.8, 4) is 0 Å². The van der Waals surface area contributed by atoms with Gasteiger partial charge in [0.1, 0.15) is 13.2 Å². The fourth-order valence-corrected chi connectivity index (χ4v) is 9.85. The van der Waals surface area contributed by atoms with Gasteiger partial charge in [-0.05, 0) is 109 Å². The number of allylic oxidation sites excluding steroid dienone is 10. The van der Waals surface area contributed by atoms with Gasteiger partial charge < -0.3 is 14.2 Å². The summed E-state index contributed by atoms with van der Waals surface area (Å²) in [4.78, 5) is 38.3. The number of hydrogen-bond donors (Lipinski definition) is 0. The summed E-state index contributed by atoms with van der Waals surface area (Å²) >= 11 is 0. The molecule has 0 rings (SSSR count). The number of unbranched alkanes of at least 4 members (excludes halogenated alkanes) is 41.